The van der Waals surface area contributed by atoms with Crippen LogP contribution < -0.4 is 9.47 Å². The molecule has 0 saturated heterocycles. The Bertz CT molecular complexity index is 998. The van der Waals surface area contributed by atoms with Gasteiger partial charge in [0.1, 0.15) is 18.1 Å². The van der Waals surface area contributed by atoms with Crippen LogP contribution in [0.2, 0.25) is 0 Å². The number of benzene rings is 2. The molecule has 0 fully saturated rings. The van der Waals surface area contributed by atoms with Gasteiger partial charge in [-0.2, -0.15) is 0 Å². The molecule has 1 aliphatic carbocycles. The first-order valence-electron chi connectivity index (χ1n) is 11.1. The molecule has 1 heterocycles. The van der Waals surface area contributed by atoms with E-state index in [2.05, 4.69) is 48.2 Å². The van der Waals surface area contributed by atoms with Crippen molar-refractivity contribution in [2.45, 2.75) is 32.3 Å². The molecule has 0 radical (unpaired) electrons. The Morgan fingerprint density at radius 2 is 1.90 bits per heavy atom. The van der Waals surface area contributed by atoms with Crippen LogP contribution in [0.5, 0.6) is 11.5 Å². The van der Waals surface area contributed by atoms with Gasteiger partial charge in [0.05, 0.1) is 12.8 Å². The molecule has 3 aromatic rings. The van der Waals surface area contributed by atoms with Crippen LogP contribution in [0.4, 0.5) is 0 Å². The monoisotopic (exact) mass is 416 g/mol. The molecule has 1 aromatic heterocycles. The topological polar surface area (TPSA) is 34.6 Å². The molecule has 0 N–H and O–H groups in total. The summed E-state index contributed by atoms with van der Waals surface area (Å²) in [6.45, 7) is 1.69. The Balaban J connectivity index is 1.36. The fourth-order valence-corrected chi connectivity index (χ4v) is 4.28. The Hall–Kier alpha value is -2.85. The van der Waals surface area contributed by atoms with Gasteiger partial charge in [-0.1, -0.05) is 24.3 Å². The summed E-state index contributed by atoms with van der Waals surface area (Å²) in [6.07, 6.45) is 6.79. The molecule has 4 rings (SSSR count). The van der Waals surface area contributed by atoms with Crippen LogP contribution in [-0.2, 0) is 19.4 Å². The lowest BCUT2D eigenvalue weighted by atomic mass is 9.82. The number of nitrogens with zero attached hydrogens (tertiary/aromatic N) is 2. The van der Waals surface area contributed by atoms with Crippen LogP contribution in [0, 0.1) is 5.92 Å². The van der Waals surface area contributed by atoms with Gasteiger partial charge in [0.15, 0.2) is 0 Å². The fraction of sp³-hybridized carbons (Fsp3) is 0.370. The van der Waals surface area contributed by atoms with Crippen LogP contribution in [0.1, 0.15) is 29.5 Å². The molecule has 0 spiro atoms. The van der Waals surface area contributed by atoms with Gasteiger partial charge >= 0.3 is 0 Å². The molecule has 0 bridgehead atoms. The van der Waals surface area contributed by atoms with E-state index in [0.29, 0.717) is 6.61 Å². The molecule has 1 atom stereocenters. The highest BCUT2D eigenvalue weighted by molar-refractivity contribution is 5.66. The van der Waals surface area contributed by atoms with Crippen molar-refractivity contribution in [3.8, 4) is 22.8 Å². The molecule has 4 heteroatoms. The van der Waals surface area contributed by atoms with E-state index in [1.165, 1.54) is 36.9 Å². The first-order chi connectivity index (χ1) is 15.1. The SMILES string of the molecule is COc1ccccc1-c1ccc(COc2ccc3c(c2)CCC(CCN(C)C)C3)cn1. The third kappa shape index (κ3) is 5.45. The van der Waals surface area contributed by atoms with Gasteiger partial charge in [-0.15, -0.1) is 0 Å². The Labute approximate surface area is 185 Å². The van der Waals surface area contributed by atoms with E-state index in [-0.39, 0.29) is 0 Å². The van der Waals surface area contributed by atoms with Crippen molar-refractivity contribution in [3.63, 3.8) is 0 Å². The third-order valence-corrected chi connectivity index (χ3v) is 6.11. The molecule has 1 unspecified atom stereocenters. The molecule has 0 saturated carbocycles. The second-order valence-corrected chi connectivity index (χ2v) is 8.67. The van der Waals surface area contributed by atoms with Gasteiger partial charge in [0.2, 0.25) is 0 Å². The smallest absolute Gasteiger partial charge is 0.128 e. The summed E-state index contributed by atoms with van der Waals surface area (Å²) < 4.78 is 11.5. The third-order valence-electron chi connectivity index (χ3n) is 6.11. The van der Waals surface area contributed by atoms with E-state index in [1.54, 1.807) is 7.11 Å². The maximum absolute atomic E-state index is 6.08. The molecule has 2 aromatic carbocycles. The van der Waals surface area contributed by atoms with Crippen LogP contribution in [-0.4, -0.2) is 37.6 Å². The number of para-hydroxylation sites is 1. The normalized spacial score (nSPS) is 15.5. The van der Waals surface area contributed by atoms with Crippen molar-refractivity contribution in [2.24, 2.45) is 5.92 Å². The van der Waals surface area contributed by atoms with E-state index in [1.807, 2.05) is 36.5 Å². The summed E-state index contributed by atoms with van der Waals surface area (Å²) in [7, 11) is 5.99. The lowest BCUT2D eigenvalue weighted by Gasteiger charge is -2.26. The second kappa shape index (κ2) is 9.97. The van der Waals surface area contributed by atoms with Crippen molar-refractivity contribution in [3.05, 3.63) is 77.5 Å². The zero-order chi connectivity index (χ0) is 21.6. The van der Waals surface area contributed by atoms with Crippen molar-refractivity contribution in [1.29, 1.82) is 0 Å². The summed E-state index contributed by atoms with van der Waals surface area (Å²) in [5.74, 6) is 2.57. The predicted octanol–water partition coefficient (Wildman–Crippen LogP) is 5.39. The molecule has 1 aliphatic rings. The number of aromatic nitrogens is 1. The zero-order valence-electron chi connectivity index (χ0n) is 18.8. The van der Waals surface area contributed by atoms with Gasteiger partial charge < -0.3 is 14.4 Å². The molecule has 0 aliphatic heterocycles. The summed E-state index contributed by atoms with van der Waals surface area (Å²) >= 11 is 0. The Kier molecular flexibility index (Phi) is 6.88. The molecule has 31 heavy (non-hydrogen) atoms. The minimum Gasteiger partial charge on any atom is -0.496 e. The Morgan fingerprint density at radius 1 is 1.03 bits per heavy atom. The summed E-state index contributed by atoms with van der Waals surface area (Å²) in [6, 6.07) is 18.6. The van der Waals surface area contributed by atoms with Gasteiger partial charge in [0.25, 0.3) is 0 Å². The number of methoxy groups -OCH3 is 1. The average molecular weight is 417 g/mol. The van der Waals surface area contributed by atoms with Crippen LogP contribution in [0.25, 0.3) is 11.3 Å². The largest absolute Gasteiger partial charge is 0.496 e. The van der Waals surface area contributed by atoms with Gasteiger partial charge in [0, 0.05) is 17.3 Å². The van der Waals surface area contributed by atoms with Crippen LogP contribution >= 0.6 is 0 Å². The lowest BCUT2D eigenvalue weighted by molar-refractivity contribution is 0.304. The second-order valence-electron chi connectivity index (χ2n) is 8.67. The molecular formula is C27H32N2O2. The summed E-state index contributed by atoms with van der Waals surface area (Å²) in [4.78, 5) is 6.90. The van der Waals surface area contributed by atoms with Gasteiger partial charge in [-0.25, -0.2) is 0 Å². The van der Waals surface area contributed by atoms with Crippen molar-refractivity contribution in [2.75, 3.05) is 27.7 Å². The van der Waals surface area contributed by atoms with E-state index < -0.39 is 0 Å². The highest BCUT2D eigenvalue weighted by Crippen LogP contribution is 2.31. The number of hydrogen-bond acceptors (Lipinski definition) is 4. The average Bonchev–Trinajstić information content (AvgIpc) is 2.81. The molecular weight excluding hydrogens is 384 g/mol. The van der Waals surface area contributed by atoms with Crippen LogP contribution in [0.15, 0.2) is 60.8 Å². The number of rotatable bonds is 8. The van der Waals surface area contributed by atoms with Crippen molar-refractivity contribution < 1.29 is 9.47 Å². The standard InChI is InChI=1S/C27H32N2O2/c1-29(2)15-14-20-8-10-23-17-24(12-11-22(23)16-20)31-19-21-9-13-26(28-18-21)25-6-4-5-7-27(25)30-3/h4-7,9,11-13,17-18,20H,8,10,14-16,19H2,1-3H3. The molecule has 0 amide bonds. The predicted molar refractivity (Wildman–Crippen MR) is 126 cm³/mol. The fourth-order valence-electron chi connectivity index (χ4n) is 4.28. The summed E-state index contributed by atoms with van der Waals surface area (Å²) in [5.41, 5.74) is 5.89. The number of aryl methyl sites for hydroxylation is 1. The maximum atomic E-state index is 6.08. The first kappa shape index (κ1) is 21.4. The van der Waals surface area contributed by atoms with E-state index in [9.17, 15) is 0 Å². The maximum Gasteiger partial charge on any atom is 0.128 e. The number of pyridine rings is 1. The zero-order valence-corrected chi connectivity index (χ0v) is 18.8. The van der Waals surface area contributed by atoms with Crippen molar-refractivity contribution >= 4 is 0 Å². The molecule has 4 nitrogen and oxygen atoms in total. The quantitative estimate of drug-likeness (QED) is 0.493. The minimum atomic E-state index is 0.517. The Morgan fingerprint density at radius 3 is 2.68 bits per heavy atom. The first-order valence-corrected chi connectivity index (χ1v) is 11.1. The lowest BCUT2D eigenvalue weighted by Crippen LogP contribution is -2.21. The van der Waals surface area contributed by atoms with Crippen LogP contribution in [0.3, 0.4) is 0 Å². The van der Waals surface area contributed by atoms with Gasteiger partial charge in [-0.05, 0) is 93.7 Å². The van der Waals surface area contributed by atoms with Gasteiger partial charge in [-0.3, -0.25) is 4.98 Å². The molecule has 162 valence electrons. The number of fused-ring (bicyclic) bond motifs is 1. The van der Waals surface area contributed by atoms with Crippen molar-refractivity contribution in [1.82, 2.24) is 9.88 Å². The minimum absolute atomic E-state index is 0.517. The number of ether oxygens (including phenoxy) is 2. The highest BCUT2D eigenvalue weighted by Gasteiger charge is 2.19. The van der Waals surface area contributed by atoms with E-state index in [4.69, 9.17) is 9.47 Å². The summed E-state index contributed by atoms with van der Waals surface area (Å²) in [5, 5.41) is 0. The number of hydrogen-bond donors (Lipinski definition) is 0. The highest BCUT2D eigenvalue weighted by atomic mass is 16.5. The van der Waals surface area contributed by atoms with E-state index >= 15 is 0 Å². The van der Waals surface area contributed by atoms with E-state index in [0.717, 1.165) is 40.7 Å².